The number of aromatic nitrogens is 2. The van der Waals surface area contributed by atoms with Gasteiger partial charge in [-0.3, -0.25) is 0 Å². The van der Waals surface area contributed by atoms with Gasteiger partial charge < -0.3 is 14.8 Å². The van der Waals surface area contributed by atoms with Gasteiger partial charge in [0.25, 0.3) is 0 Å². The summed E-state index contributed by atoms with van der Waals surface area (Å²) in [6, 6.07) is 10.5. The Morgan fingerprint density at radius 1 is 1.07 bits per heavy atom. The number of nitrogens with one attached hydrogen (secondary N) is 2. The van der Waals surface area contributed by atoms with E-state index in [0.717, 1.165) is 34.2 Å². The van der Waals surface area contributed by atoms with Gasteiger partial charge >= 0.3 is 6.18 Å². The van der Waals surface area contributed by atoms with Crippen LogP contribution in [-0.2, 0) is 19.3 Å². The van der Waals surface area contributed by atoms with Crippen LogP contribution in [0.15, 0.2) is 53.2 Å². The maximum Gasteiger partial charge on any atom is 0.419 e. The molecule has 0 bridgehead atoms. The molecule has 0 fully saturated rings. The first-order chi connectivity index (χ1) is 13.8. The smallest absolute Gasteiger partial charge is 0.361 e. The van der Waals surface area contributed by atoms with Crippen LogP contribution in [0.5, 0.6) is 0 Å². The molecule has 158 valence electrons. The van der Waals surface area contributed by atoms with Crippen LogP contribution in [0, 0.1) is 12.7 Å². The molecule has 0 atom stereocenters. The number of H-pyrrole nitrogens is 1. The predicted molar refractivity (Wildman–Crippen MR) is 108 cm³/mol. The van der Waals surface area contributed by atoms with E-state index in [1.54, 1.807) is 6.07 Å². The molecule has 0 unspecified atom stereocenters. The molecule has 0 aliphatic rings. The summed E-state index contributed by atoms with van der Waals surface area (Å²) in [7, 11) is 0. The highest BCUT2D eigenvalue weighted by Crippen LogP contribution is 2.34. The van der Waals surface area contributed by atoms with Crippen molar-refractivity contribution in [1.29, 1.82) is 0 Å². The van der Waals surface area contributed by atoms with Gasteiger partial charge in [-0.2, -0.15) is 13.2 Å². The molecule has 0 saturated heterocycles. The van der Waals surface area contributed by atoms with Crippen LogP contribution in [-0.4, -0.2) is 10.1 Å². The highest BCUT2D eigenvalue weighted by atomic mass is 35.5. The van der Waals surface area contributed by atoms with Gasteiger partial charge in [0.1, 0.15) is 11.5 Å². The van der Waals surface area contributed by atoms with E-state index in [2.05, 4.69) is 21.5 Å². The fourth-order valence-electron chi connectivity index (χ4n) is 3.19. The van der Waals surface area contributed by atoms with Gasteiger partial charge in [0.15, 0.2) is 5.76 Å². The van der Waals surface area contributed by atoms with E-state index < -0.39 is 17.6 Å². The third kappa shape index (κ3) is 4.49. The summed E-state index contributed by atoms with van der Waals surface area (Å²) in [4.78, 5) is 3.21. The number of rotatable bonds is 5. The first kappa shape index (κ1) is 21.9. The van der Waals surface area contributed by atoms with Gasteiger partial charge in [0.05, 0.1) is 12.1 Å². The molecule has 0 aliphatic heterocycles. The molecule has 4 aromatic rings. The zero-order chi connectivity index (χ0) is 20.6. The van der Waals surface area contributed by atoms with Crippen molar-refractivity contribution < 1.29 is 22.1 Å². The fraction of sp³-hybridized carbons (Fsp3) is 0.190. The van der Waals surface area contributed by atoms with E-state index in [9.17, 15) is 17.6 Å². The summed E-state index contributed by atoms with van der Waals surface area (Å²) < 4.78 is 57.3. The summed E-state index contributed by atoms with van der Waals surface area (Å²) in [5.74, 6) is -0.852. The molecule has 0 amide bonds. The third-order valence-electron chi connectivity index (χ3n) is 4.66. The Balaban J connectivity index is 0.00000256. The van der Waals surface area contributed by atoms with Crippen molar-refractivity contribution in [1.82, 2.24) is 15.5 Å². The molecular weight excluding hydrogens is 422 g/mol. The standard InChI is InChI=1S/C21H17F4N3O.ClH/c1-12-2-5-19-16(6-12)14(10-27-19)9-26-11-15-8-20(28-29-15)13-3-4-18(22)17(7-13)21(23,24)25;/h2-8,10,26-27H,9,11H2,1H3;1H. The van der Waals surface area contributed by atoms with Crippen molar-refractivity contribution in [2.45, 2.75) is 26.2 Å². The van der Waals surface area contributed by atoms with Crippen molar-refractivity contribution >= 4 is 23.3 Å². The van der Waals surface area contributed by atoms with Gasteiger partial charge in [-0.25, -0.2) is 4.39 Å². The topological polar surface area (TPSA) is 53.9 Å². The quantitative estimate of drug-likeness (QED) is 0.375. The minimum Gasteiger partial charge on any atom is -0.361 e. The number of aryl methyl sites for hydroxylation is 1. The Labute approximate surface area is 175 Å². The number of fused-ring (bicyclic) bond motifs is 1. The number of hydrogen-bond acceptors (Lipinski definition) is 3. The molecule has 0 spiro atoms. The molecule has 0 saturated carbocycles. The number of alkyl halides is 3. The molecule has 0 aliphatic carbocycles. The van der Waals surface area contributed by atoms with Crippen LogP contribution >= 0.6 is 12.4 Å². The number of nitrogens with zero attached hydrogens (tertiary/aromatic N) is 1. The van der Waals surface area contributed by atoms with E-state index >= 15 is 0 Å². The molecule has 0 radical (unpaired) electrons. The first-order valence-corrected chi connectivity index (χ1v) is 8.91. The second kappa shape index (κ2) is 8.49. The van der Waals surface area contributed by atoms with Crippen molar-refractivity contribution in [3.05, 3.63) is 76.9 Å². The summed E-state index contributed by atoms with van der Waals surface area (Å²) >= 11 is 0. The average Bonchev–Trinajstić information content (AvgIpc) is 3.29. The molecule has 2 aromatic carbocycles. The first-order valence-electron chi connectivity index (χ1n) is 8.91. The van der Waals surface area contributed by atoms with Crippen LogP contribution in [0.25, 0.3) is 22.2 Å². The molecule has 9 heteroatoms. The molecule has 4 nitrogen and oxygen atoms in total. The average molecular weight is 440 g/mol. The maximum atomic E-state index is 13.4. The lowest BCUT2D eigenvalue weighted by molar-refractivity contribution is -0.139. The van der Waals surface area contributed by atoms with Gasteiger partial charge in [0.2, 0.25) is 0 Å². The van der Waals surface area contributed by atoms with Crippen LogP contribution in [0.3, 0.4) is 0 Å². The van der Waals surface area contributed by atoms with Crippen LogP contribution < -0.4 is 5.32 Å². The number of halogens is 5. The summed E-state index contributed by atoms with van der Waals surface area (Å²) in [6.45, 7) is 2.95. The Morgan fingerprint density at radius 3 is 2.63 bits per heavy atom. The van der Waals surface area contributed by atoms with Crippen molar-refractivity contribution in [3.8, 4) is 11.3 Å². The lowest BCUT2D eigenvalue weighted by Gasteiger charge is -2.08. The number of hydrogen-bond donors (Lipinski definition) is 2. The molecular formula is C21H18ClF4N3O. The summed E-state index contributed by atoms with van der Waals surface area (Å²) in [6.07, 6.45) is -2.84. The monoisotopic (exact) mass is 439 g/mol. The van der Waals surface area contributed by atoms with Gasteiger partial charge in [-0.15, -0.1) is 12.4 Å². The summed E-state index contributed by atoms with van der Waals surface area (Å²) in [5.41, 5.74) is 2.34. The molecule has 2 aromatic heterocycles. The third-order valence-corrected chi connectivity index (χ3v) is 4.66. The Kier molecular flexibility index (Phi) is 6.19. The lowest BCUT2D eigenvalue weighted by Crippen LogP contribution is -2.11. The van der Waals surface area contributed by atoms with E-state index in [0.29, 0.717) is 18.8 Å². The van der Waals surface area contributed by atoms with Gasteiger partial charge in [0, 0.05) is 35.3 Å². The van der Waals surface area contributed by atoms with E-state index in [4.69, 9.17) is 4.52 Å². The SMILES string of the molecule is Cc1ccc2[nH]cc(CNCc3cc(-c4ccc(F)c(C(F)(F)F)c4)no3)c2c1.Cl. The molecule has 30 heavy (non-hydrogen) atoms. The number of benzene rings is 2. The van der Waals surface area contributed by atoms with E-state index in [-0.39, 0.29) is 23.7 Å². The summed E-state index contributed by atoms with van der Waals surface area (Å²) in [5, 5.41) is 8.16. The van der Waals surface area contributed by atoms with Crippen molar-refractivity contribution in [3.63, 3.8) is 0 Å². The zero-order valence-corrected chi connectivity index (χ0v) is 16.6. The maximum absolute atomic E-state index is 13.4. The fourth-order valence-corrected chi connectivity index (χ4v) is 3.19. The van der Waals surface area contributed by atoms with Gasteiger partial charge in [-0.05, 0) is 42.8 Å². The number of aromatic amines is 1. The lowest BCUT2D eigenvalue weighted by atomic mass is 10.1. The second-order valence-electron chi connectivity index (χ2n) is 6.84. The predicted octanol–water partition coefficient (Wildman–Crippen LogP) is 6.00. The van der Waals surface area contributed by atoms with Crippen LogP contribution in [0.1, 0.15) is 22.5 Å². The van der Waals surface area contributed by atoms with E-state index in [1.807, 2.05) is 25.3 Å². The van der Waals surface area contributed by atoms with E-state index in [1.165, 1.54) is 6.07 Å². The van der Waals surface area contributed by atoms with Crippen LogP contribution in [0.2, 0.25) is 0 Å². The van der Waals surface area contributed by atoms with Gasteiger partial charge in [-0.1, -0.05) is 16.8 Å². The highest BCUT2D eigenvalue weighted by Gasteiger charge is 2.34. The van der Waals surface area contributed by atoms with Crippen molar-refractivity contribution in [2.75, 3.05) is 0 Å². The second-order valence-corrected chi connectivity index (χ2v) is 6.84. The van der Waals surface area contributed by atoms with Crippen LogP contribution in [0.4, 0.5) is 17.6 Å². The molecule has 4 rings (SSSR count). The Bertz CT molecular complexity index is 1170. The minimum atomic E-state index is -4.77. The normalized spacial score (nSPS) is 11.6. The molecule has 2 N–H and O–H groups in total. The Morgan fingerprint density at radius 2 is 1.87 bits per heavy atom. The Hall–Kier alpha value is -2.84. The highest BCUT2D eigenvalue weighted by molar-refractivity contribution is 5.85. The largest absolute Gasteiger partial charge is 0.419 e. The van der Waals surface area contributed by atoms with Crippen molar-refractivity contribution in [2.24, 2.45) is 0 Å². The zero-order valence-electron chi connectivity index (χ0n) is 15.8. The molecule has 2 heterocycles. The minimum absolute atomic E-state index is 0.